The van der Waals surface area contributed by atoms with Crippen molar-refractivity contribution in [3.8, 4) is 0 Å². The molecule has 0 spiro atoms. The smallest absolute Gasteiger partial charge is 0.261 e. The normalized spacial score (nSPS) is 15.5. The van der Waals surface area contributed by atoms with E-state index < -0.39 is 0 Å². The zero-order valence-corrected chi connectivity index (χ0v) is 13.0. The predicted octanol–water partition coefficient (Wildman–Crippen LogP) is 2.14. The van der Waals surface area contributed by atoms with Gasteiger partial charge in [-0.25, -0.2) is 0 Å². The third kappa shape index (κ3) is 4.03. The Morgan fingerprint density at radius 2 is 2.04 bits per heavy atom. The summed E-state index contributed by atoms with van der Waals surface area (Å²) in [6.45, 7) is 0.369. The summed E-state index contributed by atoms with van der Waals surface area (Å²) < 4.78 is 0. The molecule has 2 amide bonds. The SMILES string of the molecule is CN/C=C(C=N)/C=C(/C(=O)N1CCC=CC1=O)c1ccccc1. The van der Waals surface area contributed by atoms with Crippen molar-refractivity contribution in [2.24, 2.45) is 0 Å². The van der Waals surface area contributed by atoms with Crippen molar-refractivity contribution in [1.29, 1.82) is 5.41 Å². The van der Waals surface area contributed by atoms with Gasteiger partial charge < -0.3 is 10.7 Å². The minimum absolute atomic E-state index is 0.308. The molecule has 0 atom stereocenters. The van der Waals surface area contributed by atoms with Crippen LogP contribution in [0.15, 0.2) is 60.3 Å². The third-order valence-electron chi connectivity index (χ3n) is 3.39. The van der Waals surface area contributed by atoms with Crippen LogP contribution in [-0.2, 0) is 9.59 Å². The van der Waals surface area contributed by atoms with Gasteiger partial charge in [0.25, 0.3) is 11.8 Å². The number of imide groups is 1. The van der Waals surface area contributed by atoms with E-state index in [0.29, 0.717) is 29.7 Å². The van der Waals surface area contributed by atoms with Gasteiger partial charge in [0.05, 0.1) is 0 Å². The molecule has 23 heavy (non-hydrogen) atoms. The van der Waals surface area contributed by atoms with E-state index in [1.54, 1.807) is 25.4 Å². The van der Waals surface area contributed by atoms with E-state index in [-0.39, 0.29) is 11.8 Å². The molecule has 1 aliphatic heterocycles. The number of rotatable bonds is 5. The largest absolute Gasteiger partial charge is 0.393 e. The highest BCUT2D eigenvalue weighted by molar-refractivity contribution is 6.25. The number of nitrogens with one attached hydrogen (secondary N) is 2. The highest BCUT2D eigenvalue weighted by atomic mass is 16.2. The van der Waals surface area contributed by atoms with E-state index in [0.717, 1.165) is 6.21 Å². The predicted molar refractivity (Wildman–Crippen MR) is 90.8 cm³/mol. The van der Waals surface area contributed by atoms with Crippen molar-refractivity contribution >= 4 is 23.6 Å². The van der Waals surface area contributed by atoms with Gasteiger partial charge in [-0.15, -0.1) is 0 Å². The van der Waals surface area contributed by atoms with E-state index >= 15 is 0 Å². The Bertz CT molecular complexity index is 687. The number of carbonyl (C=O) groups excluding carboxylic acids is 2. The van der Waals surface area contributed by atoms with Crippen molar-refractivity contribution in [1.82, 2.24) is 10.2 Å². The van der Waals surface area contributed by atoms with Gasteiger partial charge in [0.2, 0.25) is 0 Å². The first-order chi connectivity index (χ1) is 11.2. The summed E-state index contributed by atoms with van der Waals surface area (Å²) >= 11 is 0. The van der Waals surface area contributed by atoms with Gasteiger partial charge >= 0.3 is 0 Å². The Hall–Kier alpha value is -2.95. The van der Waals surface area contributed by atoms with Gasteiger partial charge in [-0.1, -0.05) is 36.4 Å². The Morgan fingerprint density at radius 1 is 1.30 bits per heavy atom. The molecule has 0 saturated heterocycles. The van der Waals surface area contributed by atoms with E-state index in [9.17, 15) is 9.59 Å². The molecule has 2 N–H and O–H groups in total. The molecule has 5 heteroatoms. The fraction of sp³-hybridized carbons (Fsp3) is 0.167. The van der Waals surface area contributed by atoms with Crippen molar-refractivity contribution in [2.75, 3.05) is 13.6 Å². The minimum atomic E-state index is -0.352. The number of hydrogen-bond donors (Lipinski definition) is 2. The van der Waals surface area contributed by atoms with Gasteiger partial charge in [-0.2, -0.15) is 0 Å². The Kier molecular flexibility index (Phi) is 5.63. The molecule has 1 heterocycles. The molecule has 1 aliphatic rings. The van der Waals surface area contributed by atoms with Crippen LogP contribution in [0.5, 0.6) is 0 Å². The van der Waals surface area contributed by atoms with Gasteiger partial charge in [0, 0.05) is 37.2 Å². The topological polar surface area (TPSA) is 73.3 Å². The summed E-state index contributed by atoms with van der Waals surface area (Å²) in [7, 11) is 1.72. The van der Waals surface area contributed by atoms with Crippen molar-refractivity contribution in [3.63, 3.8) is 0 Å². The Morgan fingerprint density at radius 3 is 2.65 bits per heavy atom. The fourth-order valence-electron chi connectivity index (χ4n) is 2.28. The first-order valence-corrected chi connectivity index (χ1v) is 7.34. The summed E-state index contributed by atoms with van der Waals surface area (Å²) in [5, 5.41) is 10.3. The number of amides is 2. The van der Waals surface area contributed by atoms with Crippen LogP contribution in [0.4, 0.5) is 0 Å². The number of nitrogens with zero attached hydrogens (tertiary/aromatic N) is 1. The van der Waals surface area contributed by atoms with E-state index in [1.165, 1.54) is 11.0 Å². The average Bonchev–Trinajstić information content (AvgIpc) is 2.59. The molecule has 5 nitrogen and oxygen atoms in total. The molecule has 0 bridgehead atoms. The van der Waals surface area contributed by atoms with Gasteiger partial charge in [-0.3, -0.25) is 14.5 Å². The molecule has 1 aromatic rings. The van der Waals surface area contributed by atoms with Gasteiger partial charge in [0.15, 0.2) is 0 Å². The maximum Gasteiger partial charge on any atom is 0.261 e. The Balaban J connectivity index is 2.45. The number of allylic oxidation sites excluding steroid dienone is 2. The summed E-state index contributed by atoms with van der Waals surface area (Å²) in [6, 6.07) is 9.16. The summed E-state index contributed by atoms with van der Waals surface area (Å²) in [5.74, 6) is -0.661. The number of carbonyl (C=O) groups is 2. The second-order valence-corrected chi connectivity index (χ2v) is 4.99. The third-order valence-corrected chi connectivity index (χ3v) is 3.39. The van der Waals surface area contributed by atoms with Crippen LogP contribution < -0.4 is 5.32 Å². The standard InChI is InChI=1S/C18H19N3O2/c1-20-13-14(12-19)11-16(15-7-3-2-4-8-15)18(23)21-10-6-5-9-17(21)22/h2-5,7-9,11-13,19-20H,6,10H2,1H3/b14-13-,16-11+,19-12?. The number of hydrogen-bond acceptors (Lipinski definition) is 4. The average molecular weight is 309 g/mol. The molecule has 2 rings (SSSR count). The maximum atomic E-state index is 12.8. The Labute approximate surface area is 135 Å². The lowest BCUT2D eigenvalue weighted by Gasteiger charge is -2.23. The molecule has 0 saturated carbocycles. The zero-order chi connectivity index (χ0) is 16.7. The maximum absolute atomic E-state index is 12.8. The van der Waals surface area contributed by atoms with Crippen molar-refractivity contribution < 1.29 is 9.59 Å². The fourth-order valence-corrected chi connectivity index (χ4v) is 2.28. The second kappa shape index (κ2) is 7.89. The van der Waals surface area contributed by atoms with Gasteiger partial charge in [0.1, 0.15) is 0 Å². The lowest BCUT2D eigenvalue weighted by molar-refractivity contribution is -0.138. The van der Waals surface area contributed by atoms with Crippen LogP contribution in [0.2, 0.25) is 0 Å². The highest BCUT2D eigenvalue weighted by Crippen LogP contribution is 2.20. The second-order valence-electron chi connectivity index (χ2n) is 4.99. The summed E-state index contributed by atoms with van der Waals surface area (Å²) in [4.78, 5) is 26.1. The van der Waals surface area contributed by atoms with E-state index in [1.807, 2.05) is 30.3 Å². The summed E-state index contributed by atoms with van der Waals surface area (Å²) in [5.41, 5.74) is 1.64. The van der Waals surface area contributed by atoms with Crippen molar-refractivity contribution in [2.45, 2.75) is 6.42 Å². The summed E-state index contributed by atoms with van der Waals surface area (Å²) in [6.07, 6.45) is 8.24. The first-order valence-electron chi connectivity index (χ1n) is 7.34. The van der Waals surface area contributed by atoms with Crippen molar-refractivity contribution in [3.05, 3.63) is 65.9 Å². The molecular weight excluding hydrogens is 290 g/mol. The highest BCUT2D eigenvalue weighted by Gasteiger charge is 2.25. The quantitative estimate of drug-likeness (QED) is 0.497. The first kappa shape index (κ1) is 16.4. The molecule has 118 valence electrons. The molecule has 0 aliphatic carbocycles. The van der Waals surface area contributed by atoms with Crippen LogP contribution in [-0.4, -0.2) is 36.5 Å². The van der Waals surface area contributed by atoms with E-state index in [4.69, 9.17) is 5.41 Å². The lowest BCUT2D eigenvalue weighted by Crippen LogP contribution is -2.38. The number of benzene rings is 1. The molecule has 0 radical (unpaired) electrons. The minimum Gasteiger partial charge on any atom is -0.393 e. The van der Waals surface area contributed by atoms with Crippen LogP contribution in [0.3, 0.4) is 0 Å². The van der Waals surface area contributed by atoms with E-state index in [2.05, 4.69) is 5.32 Å². The molecule has 1 aromatic carbocycles. The molecule has 0 aromatic heterocycles. The lowest BCUT2D eigenvalue weighted by atomic mass is 10.0. The van der Waals surface area contributed by atoms with Crippen LogP contribution in [0.25, 0.3) is 5.57 Å². The van der Waals surface area contributed by atoms with Crippen LogP contribution >= 0.6 is 0 Å². The van der Waals surface area contributed by atoms with Gasteiger partial charge in [-0.05, 0) is 24.1 Å². The van der Waals surface area contributed by atoms with Crippen LogP contribution in [0, 0.1) is 5.41 Å². The van der Waals surface area contributed by atoms with Crippen LogP contribution in [0.1, 0.15) is 12.0 Å². The monoisotopic (exact) mass is 309 g/mol. The molecule has 0 unspecified atom stereocenters. The zero-order valence-electron chi connectivity index (χ0n) is 13.0. The molecular formula is C18H19N3O2. The molecule has 0 fully saturated rings.